The van der Waals surface area contributed by atoms with Crippen molar-refractivity contribution in [2.24, 2.45) is 0 Å². The Morgan fingerprint density at radius 3 is 2.86 bits per heavy atom. The van der Waals surface area contributed by atoms with Crippen LogP contribution in [0, 0.1) is 0 Å². The van der Waals surface area contributed by atoms with Crippen LogP contribution in [-0.4, -0.2) is 38.4 Å². The van der Waals surface area contributed by atoms with E-state index in [9.17, 15) is 13.2 Å². The Morgan fingerprint density at radius 1 is 1.48 bits per heavy atom. The molecule has 0 saturated carbocycles. The molecule has 21 heavy (non-hydrogen) atoms. The summed E-state index contributed by atoms with van der Waals surface area (Å²) < 4.78 is 27.5. The van der Waals surface area contributed by atoms with E-state index in [1.807, 2.05) is 4.90 Å². The number of carbonyl (C=O) groups excluding carboxylic acids is 1. The Bertz CT molecular complexity index is 600. The molecule has 1 unspecified atom stereocenters. The zero-order valence-corrected chi connectivity index (χ0v) is 15.1. The summed E-state index contributed by atoms with van der Waals surface area (Å²) in [5.74, 6) is -0.138. The number of rotatable bonds is 5. The molecule has 0 bridgehead atoms. The minimum atomic E-state index is -3.61. The lowest BCUT2D eigenvalue weighted by molar-refractivity contribution is -0.133. The average molecular weight is 395 g/mol. The fourth-order valence-corrected chi connectivity index (χ4v) is 5.55. The number of hydrogen-bond acceptors (Lipinski definition) is 4. The second-order valence-corrected chi connectivity index (χ2v) is 9.48. The van der Waals surface area contributed by atoms with Crippen LogP contribution >= 0.6 is 27.3 Å². The Labute approximate surface area is 137 Å². The molecule has 1 aliphatic rings. The normalized spacial score (nSPS) is 19.7. The van der Waals surface area contributed by atoms with Gasteiger partial charge in [-0.1, -0.05) is 6.92 Å². The lowest BCUT2D eigenvalue weighted by atomic mass is 10.00. The summed E-state index contributed by atoms with van der Waals surface area (Å²) in [7, 11) is -3.61. The molecule has 1 aliphatic heterocycles. The molecule has 0 radical (unpaired) electrons. The third-order valence-electron chi connectivity index (χ3n) is 3.65. The van der Waals surface area contributed by atoms with E-state index in [1.165, 1.54) is 6.07 Å². The van der Waals surface area contributed by atoms with E-state index in [0.717, 1.165) is 47.4 Å². The SMILES string of the molecule is CCC1CCCCN1C(=O)CNS(=O)(=O)c1ccc(Br)s1. The Balaban J connectivity index is 1.97. The van der Waals surface area contributed by atoms with Gasteiger partial charge in [-0.05, 0) is 53.7 Å². The van der Waals surface area contributed by atoms with Crippen molar-refractivity contribution in [3.8, 4) is 0 Å². The minimum absolute atomic E-state index is 0.138. The number of likely N-dealkylation sites (tertiary alicyclic amines) is 1. The summed E-state index contributed by atoms with van der Waals surface area (Å²) in [6, 6.07) is 3.45. The summed E-state index contributed by atoms with van der Waals surface area (Å²) in [5.41, 5.74) is 0. The van der Waals surface area contributed by atoms with E-state index in [1.54, 1.807) is 6.07 Å². The number of piperidine rings is 1. The monoisotopic (exact) mass is 394 g/mol. The summed E-state index contributed by atoms with van der Waals surface area (Å²) in [4.78, 5) is 14.1. The lowest BCUT2D eigenvalue weighted by Crippen LogP contribution is -2.47. The van der Waals surface area contributed by atoms with Crippen LogP contribution in [-0.2, 0) is 14.8 Å². The third kappa shape index (κ3) is 4.28. The van der Waals surface area contributed by atoms with Gasteiger partial charge in [0.2, 0.25) is 5.91 Å². The van der Waals surface area contributed by atoms with Gasteiger partial charge < -0.3 is 4.90 Å². The number of halogens is 1. The molecule has 1 fully saturated rings. The first-order valence-electron chi connectivity index (χ1n) is 6.98. The van der Waals surface area contributed by atoms with E-state index < -0.39 is 10.0 Å². The molecule has 1 amide bonds. The molecule has 0 aromatic carbocycles. The predicted octanol–water partition coefficient (Wildman–Crippen LogP) is 2.58. The van der Waals surface area contributed by atoms with Crippen LogP contribution in [0.25, 0.3) is 0 Å². The van der Waals surface area contributed by atoms with E-state index in [2.05, 4.69) is 27.6 Å². The van der Waals surface area contributed by atoms with Gasteiger partial charge in [-0.15, -0.1) is 11.3 Å². The molecule has 0 aliphatic carbocycles. The van der Waals surface area contributed by atoms with Gasteiger partial charge in [0.25, 0.3) is 10.0 Å². The third-order valence-corrected chi connectivity index (χ3v) is 7.16. The van der Waals surface area contributed by atoms with Crippen LogP contribution in [0.4, 0.5) is 0 Å². The second-order valence-electron chi connectivity index (χ2n) is 5.03. The van der Waals surface area contributed by atoms with E-state index in [4.69, 9.17) is 0 Å². The van der Waals surface area contributed by atoms with E-state index in [-0.39, 0.29) is 22.7 Å². The topological polar surface area (TPSA) is 66.5 Å². The molecule has 1 aromatic heterocycles. The molecule has 0 spiro atoms. The first-order valence-corrected chi connectivity index (χ1v) is 10.1. The highest BCUT2D eigenvalue weighted by molar-refractivity contribution is 9.11. The van der Waals surface area contributed by atoms with Crippen LogP contribution in [0.2, 0.25) is 0 Å². The smallest absolute Gasteiger partial charge is 0.250 e. The van der Waals surface area contributed by atoms with E-state index in [0.29, 0.717) is 0 Å². The van der Waals surface area contributed by atoms with Crippen molar-refractivity contribution in [2.75, 3.05) is 13.1 Å². The minimum Gasteiger partial charge on any atom is -0.339 e. The highest BCUT2D eigenvalue weighted by Crippen LogP contribution is 2.25. The Morgan fingerprint density at radius 2 is 2.24 bits per heavy atom. The molecule has 8 heteroatoms. The molecule has 1 N–H and O–H groups in total. The first-order chi connectivity index (χ1) is 9.94. The molecule has 2 heterocycles. The fourth-order valence-electron chi connectivity index (χ4n) is 2.52. The fraction of sp³-hybridized carbons (Fsp3) is 0.615. The zero-order valence-electron chi connectivity index (χ0n) is 11.8. The summed E-state index contributed by atoms with van der Waals surface area (Å²) in [5, 5.41) is 0. The molecular weight excluding hydrogens is 376 g/mol. The van der Waals surface area contributed by atoms with Crippen molar-refractivity contribution in [3.63, 3.8) is 0 Å². The first kappa shape index (κ1) is 16.9. The average Bonchev–Trinajstić information content (AvgIpc) is 2.92. The Kier molecular flexibility index (Phi) is 5.81. The van der Waals surface area contributed by atoms with E-state index >= 15 is 0 Å². The number of nitrogens with zero attached hydrogens (tertiary/aromatic N) is 1. The van der Waals surface area contributed by atoms with Crippen molar-refractivity contribution < 1.29 is 13.2 Å². The van der Waals surface area contributed by atoms with Crippen LogP contribution < -0.4 is 4.72 Å². The van der Waals surface area contributed by atoms with Crippen molar-refractivity contribution in [2.45, 2.75) is 42.9 Å². The summed E-state index contributed by atoms with van der Waals surface area (Å²) in [6.45, 7) is 2.61. The van der Waals surface area contributed by atoms with Crippen LogP contribution in [0.1, 0.15) is 32.6 Å². The van der Waals surface area contributed by atoms with Gasteiger partial charge in [0.05, 0.1) is 10.3 Å². The van der Waals surface area contributed by atoms with Crippen molar-refractivity contribution >= 4 is 43.2 Å². The largest absolute Gasteiger partial charge is 0.339 e. The second kappa shape index (κ2) is 7.21. The summed E-state index contributed by atoms with van der Waals surface area (Å²) >= 11 is 4.36. The van der Waals surface area contributed by atoms with Gasteiger partial charge in [-0.25, -0.2) is 13.1 Å². The Hall–Kier alpha value is -0.440. The molecule has 5 nitrogen and oxygen atoms in total. The molecule has 1 saturated heterocycles. The molecular formula is C13H19BrN2O3S2. The van der Waals surface area contributed by atoms with Crippen LogP contribution in [0.5, 0.6) is 0 Å². The maximum absolute atomic E-state index is 12.2. The number of hydrogen-bond donors (Lipinski definition) is 1. The number of thiophene rings is 1. The predicted molar refractivity (Wildman–Crippen MR) is 86.9 cm³/mol. The highest BCUT2D eigenvalue weighted by atomic mass is 79.9. The molecule has 1 atom stereocenters. The van der Waals surface area contributed by atoms with Gasteiger partial charge >= 0.3 is 0 Å². The number of sulfonamides is 1. The van der Waals surface area contributed by atoms with Gasteiger partial charge in [-0.2, -0.15) is 0 Å². The standard InChI is InChI=1S/C13H19BrN2O3S2/c1-2-10-5-3-4-8-16(10)12(17)9-15-21(18,19)13-7-6-11(14)20-13/h6-7,10,15H,2-5,8-9H2,1H3. The maximum atomic E-state index is 12.2. The lowest BCUT2D eigenvalue weighted by Gasteiger charge is -2.35. The molecule has 1 aromatic rings. The van der Waals surface area contributed by atoms with Crippen LogP contribution in [0.3, 0.4) is 0 Å². The molecule has 118 valence electrons. The van der Waals surface area contributed by atoms with Gasteiger partial charge in [-0.3, -0.25) is 4.79 Å². The number of carbonyl (C=O) groups is 1. The van der Waals surface area contributed by atoms with Crippen LogP contribution in [0.15, 0.2) is 20.1 Å². The highest BCUT2D eigenvalue weighted by Gasteiger charge is 2.26. The van der Waals surface area contributed by atoms with Crippen molar-refractivity contribution in [3.05, 3.63) is 15.9 Å². The van der Waals surface area contributed by atoms with Gasteiger partial charge in [0.15, 0.2) is 0 Å². The summed E-state index contributed by atoms with van der Waals surface area (Å²) in [6.07, 6.45) is 4.05. The molecule has 2 rings (SSSR count). The van der Waals surface area contributed by atoms with Crippen molar-refractivity contribution in [1.82, 2.24) is 9.62 Å². The van der Waals surface area contributed by atoms with Gasteiger partial charge in [0, 0.05) is 12.6 Å². The quantitative estimate of drug-likeness (QED) is 0.834. The number of nitrogens with one attached hydrogen (secondary N) is 1. The zero-order chi connectivity index (χ0) is 15.5. The maximum Gasteiger partial charge on any atom is 0.250 e. The number of amides is 1. The van der Waals surface area contributed by atoms with Gasteiger partial charge in [0.1, 0.15) is 4.21 Å². The van der Waals surface area contributed by atoms with Crippen molar-refractivity contribution in [1.29, 1.82) is 0 Å².